The Bertz CT molecular complexity index is 120. The fourth-order valence-corrected chi connectivity index (χ4v) is 0.850. The molecule has 0 aliphatic rings. The molecule has 0 amide bonds. The lowest BCUT2D eigenvalue weighted by Gasteiger charge is -2.22. The van der Waals surface area contributed by atoms with Crippen LogP contribution in [0.3, 0.4) is 0 Å². The van der Waals surface area contributed by atoms with Gasteiger partial charge in [-0.3, -0.25) is 5.41 Å². The first-order valence-corrected chi connectivity index (χ1v) is 4.00. The van der Waals surface area contributed by atoms with E-state index < -0.39 is 0 Å². The Morgan fingerprint density at radius 3 is 1.83 bits per heavy atom. The van der Waals surface area contributed by atoms with Gasteiger partial charge in [-0.05, 0) is 6.92 Å². The molecule has 12 heavy (non-hydrogen) atoms. The smallest absolute Gasteiger partial charge is 0.0927 e. The Kier molecular flexibility index (Phi) is 6.70. The monoisotopic (exact) mass is 174 g/mol. The van der Waals surface area contributed by atoms with Crippen molar-refractivity contribution >= 4 is 5.84 Å². The summed E-state index contributed by atoms with van der Waals surface area (Å²) < 4.78 is 9.85. The average molecular weight is 174 g/mol. The summed E-state index contributed by atoms with van der Waals surface area (Å²) in [6.45, 7) is 4.59. The summed E-state index contributed by atoms with van der Waals surface area (Å²) in [6, 6.07) is 0. The van der Waals surface area contributed by atoms with Gasteiger partial charge >= 0.3 is 0 Å². The summed E-state index contributed by atoms with van der Waals surface area (Å²) in [4.78, 5) is 1.92. The van der Waals surface area contributed by atoms with E-state index in [2.05, 4.69) is 0 Å². The van der Waals surface area contributed by atoms with E-state index in [4.69, 9.17) is 14.9 Å². The summed E-state index contributed by atoms with van der Waals surface area (Å²) in [6.07, 6.45) is 0. The first-order chi connectivity index (χ1) is 5.72. The maximum absolute atomic E-state index is 7.42. The summed E-state index contributed by atoms with van der Waals surface area (Å²) in [5.41, 5.74) is 0. The Labute approximate surface area is 74.0 Å². The Balaban J connectivity index is 3.62. The predicted molar refractivity (Wildman–Crippen MR) is 48.7 cm³/mol. The van der Waals surface area contributed by atoms with E-state index in [-0.39, 0.29) is 0 Å². The van der Waals surface area contributed by atoms with Crippen molar-refractivity contribution in [3.63, 3.8) is 0 Å². The molecule has 0 atom stereocenters. The molecule has 0 radical (unpaired) electrons. The van der Waals surface area contributed by atoms with E-state index in [1.807, 2.05) is 4.90 Å². The number of hydrogen-bond donors (Lipinski definition) is 1. The van der Waals surface area contributed by atoms with Crippen LogP contribution in [0, 0.1) is 5.41 Å². The zero-order valence-electron chi connectivity index (χ0n) is 8.09. The van der Waals surface area contributed by atoms with Crippen molar-refractivity contribution in [1.29, 1.82) is 5.41 Å². The van der Waals surface area contributed by atoms with Gasteiger partial charge < -0.3 is 14.4 Å². The summed E-state index contributed by atoms with van der Waals surface area (Å²) in [5.74, 6) is 0.559. The minimum Gasteiger partial charge on any atom is -0.383 e. The van der Waals surface area contributed by atoms with Crippen molar-refractivity contribution in [3.8, 4) is 0 Å². The standard InChI is InChI=1S/C8H18N2O2/c1-8(9)10(4-6-11-2)5-7-12-3/h9H,4-7H2,1-3H3. The van der Waals surface area contributed by atoms with Gasteiger partial charge in [0.2, 0.25) is 0 Å². The second-order valence-corrected chi connectivity index (χ2v) is 2.56. The number of methoxy groups -OCH3 is 2. The van der Waals surface area contributed by atoms with Crippen molar-refractivity contribution in [3.05, 3.63) is 0 Å². The maximum Gasteiger partial charge on any atom is 0.0927 e. The highest BCUT2D eigenvalue weighted by Gasteiger charge is 2.03. The van der Waals surface area contributed by atoms with E-state index in [0.29, 0.717) is 19.0 Å². The van der Waals surface area contributed by atoms with Crippen LogP contribution < -0.4 is 0 Å². The topological polar surface area (TPSA) is 45.6 Å². The molecule has 0 bridgehead atoms. The van der Waals surface area contributed by atoms with Crippen LogP contribution in [-0.4, -0.2) is 51.3 Å². The molecule has 0 spiro atoms. The van der Waals surface area contributed by atoms with Gasteiger partial charge in [0, 0.05) is 27.3 Å². The molecule has 0 fully saturated rings. The quantitative estimate of drug-likeness (QED) is 0.473. The molecule has 0 unspecified atom stereocenters. The van der Waals surface area contributed by atoms with Crippen molar-refractivity contribution in [2.75, 3.05) is 40.5 Å². The number of nitrogens with one attached hydrogen (secondary N) is 1. The van der Waals surface area contributed by atoms with Gasteiger partial charge in [0.05, 0.1) is 19.0 Å². The average Bonchev–Trinajstić information content (AvgIpc) is 2.04. The van der Waals surface area contributed by atoms with Crippen molar-refractivity contribution in [1.82, 2.24) is 4.90 Å². The lowest BCUT2D eigenvalue weighted by molar-refractivity contribution is 0.145. The molecule has 0 saturated carbocycles. The largest absolute Gasteiger partial charge is 0.383 e. The third-order valence-corrected chi connectivity index (χ3v) is 1.60. The molecule has 0 aromatic carbocycles. The minimum atomic E-state index is 0.559. The van der Waals surface area contributed by atoms with Gasteiger partial charge in [0.25, 0.3) is 0 Å². The first kappa shape index (κ1) is 11.4. The molecule has 0 saturated heterocycles. The summed E-state index contributed by atoms with van der Waals surface area (Å²) in [5, 5.41) is 7.42. The van der Waals surface area contributed by atoms with E-state index in [0.717, 1.165) is 13.1 Å². The number of nitrogens with zero attached hydrogens (tertiary/aromatic N) is 1. The second-order valence-electron chi connectivity index (χ2n) is 2.56. The van der Waals surface area contributed by atoms with Crippen LogP contribution in [0.15, 0.2) is 0 Å². The van der Waals surface area contributed by atoms with Crippen LogP contribution in [0.2, 0.25) is 0 Å². The van der Waals surface area contributed by atoms with Crippen molar-refractivity contribution in [2.24, 2.45) is 0 Å². The molecule has 0 aromatic heterocycles. The highest BCUT2D eigenvalue weighted by molar-refractivity contribution is 5.76. The fraction of sp³-hybridized carbons (Fsp3) is 0.875. The molecule has 0 aromatic rings. The third kappa shape index (κ3) is 5.09. The Morgan fingerprint density at radius 1 is 1.17 bits per heavy atom. The predicted octanol–water partition coefficient (Wildman–Crippen LogP) is 0.578. The fourth-order valence-electron chi connectivity index (χ4n) is 0.850. The third-order valence-electron chi connectivity index (χ3n) is 1.60. The van der Waals surface area contributed by atoms with Gasteiger partial charge in [0.15, 0.2) is 0 Å². The zero-order valence-corrected chi connectivity index (χ0v) is 8.09. The normalized spacial score (nSPS) is 9.92. The molecule has 0 aliphatic carbocycles. The second kappa shape index (κ2) is 7.06. The first-order valence-electron chi connectivity index (χ1n) is 4.00. The van der Waals surface area contributed by atoms with Crippen LogP contribution >= 0.6 is 0 Å². The highest BCUT2D eigenvalue weighted by atomic mass is 16.5. The van der Waals surface area contributed by atoms with Crippen LogP contribution in [0.25, 0.3) is 0 Å². The molecule has 0 heterocycles. The van der Waals surface area contributed by atoms with E-state index in [1.165, 1.54) is 0 Å². The molecule has 0 aliphatic heterocycles. The lowest BCUT2D eigenvalue weighted by Crippen LogP contribution is -2.34. The van der Waals surface area contributed by atoms with E-state index in [1.54, 1.807) is 21.1 Å². The lowest BCUT2D eigenvalue weighted by atomic mass is 10.4. The summed E-state index contributed by atoms with van der Waals surface area (Å²) in [7, 11) is 3.32. The van der Waals surface area contributed by atoms with Crippen LogP contribution in [0.4, 0.5) is 0 Å². The SMILES string of the molecule is COCCN(CCOC)C(C)=N. The number of amidine groups is 1. The van der Waals surface area contributed by atoms with E-state index >= 15 is 0 Å². The molecule has 4 nitrogen and oxygen atoms in total. The Hall–Kier alpha value is -0.610. The van der Waals surface area contributed by atoms with Gasteiger partial charge in [-0.2, -0.15) is 0 Å². The summed E-state index contributed by atoms with van der Waals surface area (Å²) >= 11 is 0. The number of ether oxygens (including phenoxy) is 2. The van der Waals surface area contributed by atoms with Crippen LogP contribution in [-0.2, 0) is 9.47 Å². The molecule has 0 rings (SSSR count). The zero-order chi connectivity index (χ0) is 9.40. The van der Waals surface area contributed by atoms with Gasteiger partial charge in [-0.1, -0.05) is 0 Å². The molecule has 72 valence electrons. The van der Waals surface area contributed by atoms with E-state index in [9.17, 15) is 0 Å². The van der Waals surface area contributed by atoms with Gasteiger partial charge in [-0.15, -0.1) is 0 Å². The molecular weight excluding hydrogens is 156 g/mol. The van der Waals surface area contributed by atoms with Crippen LogP contribution in [0.1, 0.15) is 6.92 Å². The molecular formula is C8H18N2O2. The Morgan fingerprint density at radius 2 is 1.58 bits per heavy atom. The number of hydrogen-bond acceptors (Lipinski definition) is 3. The van der Waals surface area contributed by atoms with Crippen molar-refractivity contribution in [2.45, 2.75) is 6.92 Å². The number of rotatable bonds is 6. The van der Waals surface area contributed by atoms with Crippen molar-refractivity contribution < 1.29 is 9.47 Å². The maximum atomic E-state index is 7.42. The van der Waals surface area contributed by atoms with Gasteiger partial charge in [-0.25, -0.2) is 0 Å². The molecule has 1 N–H and O–H groups in total. The minimum absolute atomic E-state index is 0.559. The molecule has 4 heteroatoms. The van der Waals surface area contributed by atoms with Gasteiger partial charge in [0.1, 0.15) is 0 Å². The highest BCUT2D eigenvalue weighted by Crippen LogP contribution is 1.89. The van der Waals surface area contributed by atoms with Crippen LogP contribution in [0.5, 0.6) is 0 Å².